The predicted molar refractivity (Wildman–Crippen MR) is 56.1 cm³/mol. The maximum Gasteiger partial charge on any atom is 0.0786 e. The van der Waals surface area contributed by atoms with E-state index in [0.717, 1.165) is 25.7 Å². The lowest BCUT2D eigenvalue weighted by Crippen LogP contribution is -2.33. The van der Waals surface area contributed by atoms with Crippen molar-refractivity contribution in [2.75, 3.05) is 32.8 Å². The lowest BCUT2D eigenvalue weighted by Gasteiger charge is -2.22. The van der Waals surface area contributed by atoms with Gasteiger partial charge in [-0.05, 0) is 31.7 Å². The number of hydrogen-bond donors (Lipinski definition) is 3. The number of ether oxygens (including phenoxy) is 1. The van der Waals surface area contributed by atoms with Crippen molar-refractivity contribution in [2.24, 2.45) is 11.7 Å². The summed E-state index contributed by atoms with van der Waals surface area (Å²) in [5, 5.41) is 12.4. The van der Waals surface area contributed by atoms with Crippen LogP contribution >= 0.6 is 0 Å². The first-order valence-corrected chi connectivity index (χ1v) is 5.49. The maximum atomic E-state index is 9.19. The molecular weight excluding hydrogens is 180 g/mol. The van der Waals surface area contributed by atoms with E-state index in [1.807, 2.05) is 0 Å². The van der Waals surface area contributed by atoms with Crippen molar-refractivity contribution in [3.63, 3.8) is 0 Å². The Hall–Kier alpha value is -0.160. The fourth-order valence-corrected chi connectivity index (χ4v) is 1.69. The van der Waals surface area contributed by atoms with Gasteiger partial charge in [0.2, 0.25) is 0 Å². The van der Waals surface area contributed by atoms with Crippen LogP contribution in [-0.4, -0.2) is 44.1 Å². The van der Waals surface area contributed by atoms with Gasteiger partial charge in [-0.1, -0.05) is 0 Å². The smallest absolute Gasteiger partial charge is 0.0786 e. The first kappa shape index (κ1) is 11.9. The lowest BCUT2D eigenvalue weighted by molar-refractivity contribution is 0.0636. The van der Waals surface area contributed by atoms with Gasteiger partial charge in [0.15, 0.2) is 0 Å². The summed E-state index contributed by atoms with van der Waals surface area (Å²) >= 11 is 0. The van der Waals surface area contributed by atoms with Crippen molar-refractivity contribution in [3.05, 3.63) is 0 Å². The molecule has 1 unspecified atom stereocenters. The fraction of sp³-hybridized carbons (Fsp3) is 1.00. The molecule has 0 radical (unpaired) electrons. The van der Waals surface area contributed by atoms with Crippen LogP contribution in [0.25, 0.3) is 0 Å². The van der Waals surface area contributed by atoms with Crippen LogP contribution in [0.3, 0.4) is 0 Å². The first-order valence-electron chi connectivity index (χ1n) is 5.49. The monoisotopic (exact) mass is 202 g/mol. The highest BCUT2D eigenvalue weighted by atomic mass is 16.5. The molecule has 0 saturated carbocycles. The van der Waals surface area contributed by atoms with Crippen LogP contribution in [0.2, 0.25) is 0 Å². The van der Waals surface area contributed by atoms with Gasteiger partial charge in [-0.15, -0.1) is 0 Å². The third-order valence-corrected chi connectivity index (χ3v) is 2.72. The van der Waals surface area contributed by atoms with Gasteiger partial charge in [0.05, 0.1) is 6.10 Å². The molecule has 1 aliphatic heterocycles. The SMILES string of the molecule is NCC(O)CNCCC1CCOCC1. The van der Waals surface area contributed by atoms with Crippen LogP contribution in [0.15, 0.2) is 0 Å². The molecule has 1 saturated heterocycles. The molecule has 0 aromatic carbocycles. The van der Waals surface area contributed by atoms with Gasteiger partial charge < -0.3 is 20.9 Å². The zero-order chi connectivity index (χ0) is 10.2. The molecule has 0 aromatic rings. The molecular formula is C10H22N2O2. The van der Waals surface area contributed by atoms with Crippen molar-refractivity contribution in [1.82, 2.24) is 5.32 Å². The third-order valence-electron chi connectivity index (χ3n) is 2.72. The fourth-order valence-electron chi connectivity index (χ4n) is 1.69. The number of aliphatic hydroxyl groups is 1. The second-order valence-corrected chi connectivity index (χ2v) is 3.94. The molecule has 0 amide bonds. The summed E-state index contributed by atoms with van der Waals surface area (Å²) in [6, 6.07) is 0. The Morgan fingerprint density at radius 3 is 2.79 bits per heavy atom. The van der Waals surface area contributed by atoms with E-state index in [1.165, 1.54) is 19.3 Å². The molecule has 4 N–H and O–H groups in total. The Labute approximate surface area is 85.8 Å². The minimum absolute atomic E-state index is 0.338. The summed E-state index contributed by atoms with van der Waals surface area (Å²) in [6.45, 7) is 3.75. The van der Waals surface area contributed by atoms with Gasteiger partial charge in [0.1, 0.15) is 0 Å². The summed E-state index contributed by atoms with van der Waals surface area (Å²) in [6.07, 6.45) is 3.15. The number of rotatable bonds is 6. The highest BCUT2D eigenvalue weighted by Crippen LogP contribution is 2.17. The van der Waals surface area contributed by atoms with E-state index in [1.54, 1.807) is 0 Å². The van der Waals surface area contributed by atoms with E-state index in [0.29, 0.717) is 13.1 Å². The van der Waals surface area contributed by atoms with Crippen molar-refractivity contribution in [1.29, 1.82) is 0 Å². The third kappa shape index (κ3) is 4.91. The standard InChI is InChI=1S/C10H22N2O2/c11-7-10(13)8-12-4-1-9-2-5-14-6-3-9/h9-10,12-13H,1-8,11H2. The molecule has 1 rings (SSSR count). The van der Waals surface area contributed by atoms with Gasteiger partial charge >= 0.3 is 0 Å². The lowest BCUT2D eigenvalue weighted by atomic mass is 9.97. The zero-order valence-electron chi connectivity index (χ0n) is 8.74. The van der Waals surface area contributed by atoms with Crippen molar-refractivity contribution < 1.29 is 9.84 Å². The Morgan fingerprint density at radius 2 is 2.14 bits per heavy atom. The molecule has 84 valence electrons. The Bertz CT molecular complexity index is 138. The van der Waals surface area contributed by atoms with Crippen LogP contribution in [0.5, 0.6) is 0 Å². The largest absolute Gasteiger partial charge is 0.390 e. The van der Waals surface area contributed by atoms with E-state index in [9.17, 15) is 5.11 Å². The Balaban J connectivity index is 1.92. The molecule has 4 heteroatoms. The highest BCUT2D eigenvalue weighted by Gasteiger charge is 2.12. The number of aliphatic hydroxyl groups excluding tert-OH is 1. The van der Waals surface area contributed by atoms with Gasteiger partial charge in [0, 0.05) is 26.3 Å². The summed E-state index contributed by atoms with van der Waals surface area (Å²) < 4.78 is 5.28. The number of nitrogens with two attached hydrogens (primary N) is 1. The quantitative estimate of drug-likeness (QED) is 0.518. The maximum absolute atomic E-state index is 9.19. The molecule has 0 spiro atoms. The molecule has 1 atom stereocenters. The van der Waals surface area contributed by atoms with E-state index < -0.39 is 6.10 Å². The van der Waals surface area contributed by atoms with Crippen LogP contribution in [-0.2, 0) is 4.74 Å². The van der Waals surface area contributed by atoms with Gasteiger partial charge in [-0.2, -0.15) is 0 Å². The molecule has 4 nitrogen and oxygen atoms in total. The summed E-state index contributed by atoms with van der Waals surface area (Å²) in [5.74, 6) is 0.797. The van der Waals surface area contributed by atoms with Gasteiger partial charge in [-0.3, -0.25) is 0 Å². The second kappa shape index (κ2) is 7.17. The minimum Gasteiger partial charge on any atom is -0.390 e. The molecule has 0 aliphatic carbocycles. The molecule has 14 heavy (non-hydrogen) atoms. The number of nitrogens with one attached hydrogen (secondary N) is 1. The van der Waals surface area contributed by atoms with Gasteiger partial charge in [0.25, 0.3) is 0 Å². The predicted octanol–water partition coefficient (Wildman–Crippen LogP) is -0.288. The van der Waals surface area contributed by atoms with Crippen molar-refractivity contribution in [2.45, 2.75) is 25.4 Å². The first-order chi connectivity index (χ1) is 6.83. The van der Waals surface area contributed by atoms with E-state index >= 15 is 0 Å². The molecule has 0 bridgehead atoms. The molecule has 1 aliphatic rings. The summed E-state index contributed by atoms with van der Waals surface area (Å²) in [7, 11) is 0. The summed E-state index contributed by atoms with van der Waals surface area (Å²) in [5.41, 5.74) is 5.29. The van der Waals surface area contributed by atoms with E-state index in [2.05, 4.69) is 5.32 Å². The van der Waals surface area contributed by atoms with Crippen LogP contribution in [0.1, 0.15) is 19.3 Å². The normalized spacial score (nSPS) is 21.0. The molecule has 1 heterocycles. The average Bonchev–Trinajstić information content (AvgIpc) is 2.25. The van der Waals surface area contributed by atoms with Crippen molar-refractivity contribution >= 4 is 0 Å². The van der Waals surface area contributed by atoms with Crippen LogP contribution in [0.4, 0.5) is 0 Å². The number of hydrogen-bond acceptors (Lipinski definition) is 4. The summed E-state index contributed by atoms with van der Waals surface area (Å²) in [4.78, 5) is 0. The average molecular weight is 202 g/mol. The highest BCUT2D eigenvalue weighted by molar-refractivity contribution is 4.66. The van der Waals surface area contributed by atoms with E-state index in [-0.39, 0.29) is 0 Å². The molecule has 0 aromatic heterocycles. The van der Waals surface area contributed by atoms with Gasteiger partial charge in [-0.25, -0.2) is 0 Å². The topological polar surface area (TPSA) is 67.5 Å². The van der Waals surface area contributed by atoms with Crippen LogP contribution < -0.4 is 11.1 Å². The Kier molecular flexibility index (Phi) is 6.10. The minimum atomic E-state index is -0.398. The van der Waals surface area contributed by atoms with E-state index in [4.69, 9.17) is 10.5 Å². The van der Waals surface area contributed by atoms with Crippen molar-refractivity contribution in [3.8, 4) is 0 Å². The molecule has 1 fully saturated rings. The Morgan fingerprint density at radius 1 is 1.43 bits per heavy atom. The van der Waals surface area contributed by atoms with Crippen LogP contribution in [0, 0.1) is 5.92 Å². The second-order valence-electron chi connectivity index (χ2n) is 3.94. The zero-order valence-corrected chi connectivity index (χ0v) is 8.74.